The van der Waals surface area contributed by atoms with Crippen molar-refractivity contribution < 1.29 is 4.74 Å². The van der Waals surface area contributed by atoms with Gasteiger partial charge < -0.3 is 10.5 Å². The molecule has 2 rings (SSSR count). The zero-order valence-corrected chi connectivity index (χ0v) is 13.9. The second-order valence-corrected chi connectivity index (χ2v) is 6.41. The number of rotatable bonds is 6. The molecule has 0 radical (unpaired) electrons. The summed E-state index contributed by atoms with van der Waals surface area (Å²) >= 11 is 0. The third-order valence-electron chi connectivity index (χ3n) is 3.80. The summed E-state index contributed by atoms with van der Waals surface area (Å²) in [6.45, 7) is 9.55. The van der Waals surface area contributed by atoms with E-state index in [0.29, 0.717) is 5.92 Å². The second kappa shape index (κ2) is 7.33. The van der Waals surface area contributed by atoms with Crippen molar-refractivity contribution in [1.29, 1.82) is 0 Å². The van der Waals surface area contributed by atoms with Crippen molar-refractivity contribution in [1.82, 2.24) is 0 Å². The van der Waals surface area contributed by atoms with Gasteiger partial charge in [0.15, 0.2) is 0 Å². The number of ether oxygens (including phenoxy) is 1. The van der Waals surface area contributed by atoms with Gasteiger partial charge in [-0.1, -0.05) is 19.9 Å². The van der Waals surface area contributed by atoms with E-state index in [1.807, 2.05) is 0 Å². The monoisotopic (exact) mass is 297 g/mol. The van der Waals surface area contributed by atoms with Crippen LogP contribution in [0.4, 0.5) is 0 Å². The molecule has 0 spiro atoms. The first-order valence-electron chi connectivity index (χ1n) is 7.49. The molecule has 1 aromatic rings. The van der Waals surface area contributed by atoms with Crippen LogP contribution in [0.15, 0.2) is 12.1 Å². The Morgan fingerprint density at radius 3 is 2.40 bits per heavy atom. The summed E-state index contributed by atoms with van der Waals surface area (Å²) in [5, 5.41) is 0. The molecular formula is C17H28ClNO. The van der Waals surface area contributed by atoms with Gasteiger partial charge in [0.2, 0.25) is 0 Å². The van der Waals surface area contributed by atoms with Gasteiger partial charge >= 0.3 is 0 Å². The van der Waals surface area contributed by atoms with Gasteiger partial charge in [0.05, 0.1) is 6.61 Å². The summed E-state index contributed by atoms with van der Waals surface area (Å²) in [6.07, 6.45) is 3.60. The molecule has 1 aliphatic rings. The molecular weight excluding hydrogens is 270 g/mol. The Morgan fingerprint density at radius 1 is 1.25 bits per heavy atom. The Labute approximate surface area is 129 Å². The molecule has 114 valence electrons. The normalized spacial score (nSPS) is 15.9. The van der Waals surface area contributed by atoms with Crippen LogP contribution in [0.1, 0.15) is 56.2 Å². The maximum atomic E-state index is 6.03. The molecule has 2 N–H and O–H groups in total. The van der Waals surface area contributed by atoms with Gasteiger partial charge in [-0.15, -0.1) is 12.4 Å². The molecule has 0 heterocycles. The van der Waals surface area contributed by atoms with E-state index in [1.54, 1.807) is 0 Å². The lowest BCUT2D eigenvalue weighted by Gasteiger charge is -2.18. The largest absolute Gasteiger partial charge is 0.493 e. The van der Waals surface area contributed by atoms with Gasteiger partial charge in [0.1, 0.15) is 5.75 Å². The maximum absolute atomic E-state index is 6.03. The Morgan fingerprint density at radius 2 is 1.90 bits per heavy atom. The zero-order valence-electron chi connectivity index (χ0n) is 13.1. The summed E-state index contributed by atoms with van der Waals surface area (Å²) in [5.74, 6) is 2.36. The highest BCUT2D eigenvalue weighted by atomic mass is 35.5. The van der Waals surface area contributed by atoms with Crippen LogP contribution >= 0.6 is 12.4 Å². The molecule has 0 amide bonds. The van der Waals surface area contributed by atoms with E-state index in [9.17, 15) is 0 Å². The van der Waals surface area contributed by atoms with E-state index in [4.69, 9.17) is 10.5 Å². The van der Waals surface area contributed by atoms with Crippen molar-refractivity contribution in [2.24, 2.45) is 11.7 Å². The molecule has 3 heteroatoms. The van der Waals surface area contributed by atoms with Gasteiger partial charge in [0.25, 0.3) is 0 Å². The standard InChI is InChI=1S/C17H27NO.ClH/c1-11(2)16-9-15(8-13(4)18)12(3)7-17(16)19-10-14-5-6-14;/h7,9,11,13-14H,5-6,8,10,18H2,1-4H3;1H. The van der Waals surface area contributed by atoms with Crippen molar-refractivity contribution in [2.45, 2.75) is 58.9 Å². The van der Waals surface area contributed by atoms with Crippen LogP contribution in [-0.2, 0) is 6.42 Å². The van der Waals surface area contributed by atoms with Crippen molar-refractivity contribution in [3.63, 3.8) is 0 Å². The van der Waals surface area contributed by atoms with Gasteiger partial charge in [-0.3, -0.25) is 0 Å². The fourth-order valence-electron chi connectivity index (χ4n) is 2.38. The molecule has 1 saturated carbocycles. The Balaban J connectivity index is 0.00000200. The number of hydrogen-bond acceptors (Lipinski definition) is 2. The average Bonchev–Trinajstić information content (AvgIpc) is 3.12. The third-order valence-corrected chi connectivity index (χ3v) is 3.80. The fourth-order valence-corrected chi connectivity index (χ4v) is 2.38. The molecule has 0 saturated heterocycles. The van der Waals surface area contributed by atoms with Crippen LogP contribution in [-0.4, -0.2) is 12.6 Å². The van der Waals surface area contributed by atoms with E-state index >= 15 is 0 Å². The van der Waals surface area contributed by atoms with Crippen LogP contribution in [0.25, 0.3) is 0 Å². The molecule has 1 aromatic carbocycles. The third kappa shape index (κ3) is 4.68. The SMILES string of the molecule is Cc1cc(OCC2CC2)c(C(C)C)cc1CC(C)N.Cl. The minimum atomic E-state index is 0. The number of aryl methyl sites for hydroxylation is 1. The molecule has 2 nitrogen and oxygen atoms in total. The number of benzene rings is 1. The first-order chi connectivity index (χ1) is 8.97. The molecule has 1 fully saturated rings. The summed E-state index contributed by atoms with van der Waals surface area (Å²) in [4.78, 5) is 0. The highest BCUT2D eigenvalue weighted by Crippen LogP contribution is 2.34. The smallest absolute Gasteiger partial charge is 0.123 e. The summed E-state index contributed by atoms with van der Waals surface area (Å²) in [7, 11) is 0. The average molecular weight is 298 g/mol. The predicted octanol–water partition coefficient (Wildman–Crippen LogP) is 4.22. The van der Waals surface area contributed by atoms with E-state index in [1.165, 1.54) is 29.5 Å². The minimum absolute atomic E-state index is 0. The molecule has 1 atom stereocenters. The highest BCUT2D eigenvalue weighted by molar-refractivity contribution is 5.85. The zero-order chi connectivity index (χ0) is 14.0. The van der Waals surface area contributed by atoms with Crippen LogP contribution < -0.4 is 10.5 Å². The van der Waals surface area contributed by atoms with Crippen molar-refractivity contribution >= 4 is 12.4 Å². The van der Waals surface area contributed by atoms with Gasteiger partial charge in [-0.05, 0) is 67.7 Å². The van der Waals surface area contributed by atoms with E-state index in [2.05, 4.69) is 39.8 Å². The summed E-state index contributed by atoms with van der Waals surface area (Å²) in [6, 6.07) is 4.71. The van der Waals surface area contributed by atoms with E-state index in [0.717, 1.165) is 24.7 Å². The summed E-state index contributed by atoms with van der Waals surface area (Å²) < 4.78 is 6.03. The predicted molar refractivity (Wildman–Crippen MR) is 88.1 cm³/mol. The lowest BCUT2D eigenvalue weighted by molar-refractivity contribution is 0.295. The quantitative estimate of drug-likeness (QED) is 0.853. The van der Waals surface area contributed by atoms with Crippen molar-refractivity contribution in [3.05, 3.63) is 28.8 Å². The molecule has 0 aliphatic heterocycles. The van der Waals surface area contributed by atoms with Crippen LogP contribution in [0.5, 0.6) is 5.75 Å². The highest BCUT2D eigenvalue weighted by Gasteiger charge is 2.23. The molecule has 1 aliphatic carbocycles. The summed E-state index contributed by atoms with van der Waals surface area (Å²) in [5.41, 5.74) is 9.91. The van der Waals surface area contributed by atoms with Gasteiger partial charge in [-0.2, -0.15) is 0 Å². The minimum Gasteiger partial charge on any atom is -0.493 e. The van der Waals surface area contributed by atoms with E-state index in [-0.39, 0.29) is 18.4 Å². The number of nitrogens with two attached hydrogens (primary N) is 1. The van der Waals surface area contributed by atoms with Crippen LogP contribution in [0, 0.1) is 12.8 Å². The lowest BCUT2D eigenvalue weighted by Crippen LogP contribution is -2.18. The van der Waals surface area contributed by atoms with Gasteiger partial charge in [0, 0.05) is 6.04 Å². The molecule has 0 bridgehead atoms. The van der Waals surface area contributed by atoms with Gasteiger partial charge in [-0.25, -0.2) is 0 Å². The van der Waals surface area contributed by atoms with Crippen LogP contribution in [0.2, 0.25) is 0 Å². The first kappa shape index (κ1) is 17.3. The first-order valence-corrected chi connectivity index (χ1v) is 7.49. The lowest BCUT2D eigenvalue weighted by atomic mass is 9.93. The molecule has 20 heavy (non-hydrogen) atoms. The molecule has 0 aromatic heterocycles. The topological polar surface area (TPSA) is 35.2 Å². The van der Waals surface area contributed by atoms with Crippen LogP contribution in [0.3, 0.4) is 0 Å². The van der Waals surface area contributed by atoms with E-state index < -0.39 is 0 Å². The second-order valence-electron chi connectivity index (χ2n) is 6.41. The Hall–Kier alpha value is -0.730. The van der Waals surface area contributed by atoms with Crippen molar-refractivity contribution in [2.75, 3.05) is 6.61 Å². The molecule has 1 unspecified atom stereocenters. The number of halogens is 1. The number of hydrogen-bond donors (Lipinski definition) is 1. The Kier molecular flexibility index (Phi) is 6.35. The Bertz CT molecular complexity index is 439. The fraction of sp³-hybridized carbons (Fsp3) is 0.647. The maximum Gasteiger partial charge on any atom is 0.123 e. The van der Waals surface area contributed by atoms with Crippen molar-refractivity contribution in [3.8, 4) is 5.75 Å².